The first-order valence-electron chi connectivity index (χ1n) is 4.13. The fourth-order valence-corrected chi connectivity index (χ4v) is 2.30. The second-order valence-electron chi connectivity index (χ2n) is 3.03. The number of terminal acetylenes is 1. The molecule has 15 heavy (non-hydrogen) atoms. The Bertz CT molecular complexity index is 339. The molecule has 0 fully saturated rings. The van der Waals surface area contributed by atoms with Gasteiger partial charge in [-0.25, -0.2) is 0 Å². The Morgan fingerprint density at radius 3 is 2.13 bits per heavy atom. The number of alkyl halides is 3. The van der Waals surface area contributed by atoms with E-state index in [1.807, 2.05) is 0 Å². The highest BCUT2D eigenvalue weighted by atomic mass is 32.2. The van der Waals surface area contributed by atoms with Crippen LogP contribution in [0.15, 0.2) is 0 Å². The molecule has 0 saturated heterocycles. The lowest BCUT2D eigenvalue weighted by atomic mass is 10.0. The van der Waals surface area contributed by atoms with E-state index in [1.165, 1.54) is 12.8 Å². The predicted molar refractivity (Wildman–Crippen MR) is 48.6 cm³/mol. The fraction of sp³-hybridized carbons (Fsp3) is 0.750. The third-order valence-corrected chi connectivity index (χ3v) is 3.13. The minimum absolute atomic E-state index is 0.179. The molecule has 0 bridgehead atoms. The van der Waals surface area contributed by atoms with E-state index in [0.717, 1.165) is 0 Å². The summed E-state index contributed by atoms with van der Waals surface area (Å²) in [4.78, 5) is 0. The van der Waals surface area contributed by atoms with Crippen molar-refractivity contribution in [2.24, 2.45) is 5.92 Å². The van der Waals surface area contributed by atoms with Crippen molar-refractivity contribution in [3.05, 3.63) is 0 Å². The molecular weight excluding hydrogens is 233 g/mol. The van der Waals surface area contributed by atoms with Gasteiger partial charge >= 0.3 is 6.18 Å². The molecule has 0 amide bonds. The van der Waals surface area contributed by atoms with E-state index in [-0.39, 0.29) is 12.8 Å². The number of rotatable bonds is 4. The third-order valence-electron chi connectivity index (χ3n) is 1.86. The molecule has 2 unspecified atom stereocenters. The fourth-order valence-electron chi connectivity index (χ4n) is 1.18. The lowest BCUT2D eigenvalue weighted by Gasteiger charge is -2.22. The van der Waals surface area contributed by atoms with Crippen LogP contribution in [0.2, 0.25) is 0 Å². The van der Waals surface area contributed by atoms with Gasteiger partial charge in [-0.3, -0.25) is 4.55 Å². The average molecular weight is 244 g/mol. The normalized spacial score (nSPS) is 16.8. The monoisotopic (exact) mass is 244 g/mol. The molecule has 0 rings (SSSR count). The number of hydrogen-bond acceptors (Lipinski definition) is 2. The average Bonchev–Trinajstić information content (AvgIpc) is 2.00. The molecule has 0 aliphatic rings. The summed E-state index contributed by atoms with van der Waals surface area (Å²) in [6, 6.07) is 0. The lowest BCUT2D eigenvalue weighted by Crippen LogP contribution is -2.38. The van der Waals surface area contributed by atoms with Crippen LogP contribution in [0.25, 0.3) is 0 Å². The van der Waals surface area contributed by atoms with Gasteiger partial charge in [0.1, 0.15) is 11.2 Å². The molecule has 0 aromatic carbocycles. The van der Waals surface area contributed by atoms with E-state index in [2.05, 4.69) is 6.42 Å². The molecular formula is C8H11F3O3S. The first-order chi connectivity index (χ1) is 6.64. The summed E-state index contributed by atoms with van der Waals surface area (Å²) in [7, 11) is -4.78. The van der Waals surface area contributed by atoms with Gasteiger partial charge in [-0.15, -0.1) is 6.42 Å². The van der Waals surface area contributed by atoms with E-state index in [9.17, 15) is 21.6 Å². The maximum Gasteiger partial charge on any atom is 0.403 e. The van der Waals surface area contributed by atoms with Crippen LogP contribution in [-0.2, 0) is 10.1 Å². The molecule has 0 saturated carbocycles. The zero-order valence-corrected chi connectivity index (χ0v) is 8.77. The largest absolute Gasteiger partial charge is 0.403 e. The van der Waals surface area contributed by atoms with Crippen LogP contribution in [0.3, 0.4) is 0 Å². The van der Waals surface area contributed by atoms with Crippen LogP contribution < -0.4 is 0 Å². The Kier molecular flexibility index (Phi) is 4.62. The highest BCUT2D eigenvalue weighted by molar-refractivity contribution is 7.86. The van der Waals surface area contributed by atoms with Crippen molar-refractivity contribution in [1.82, 2.24) is 0 Å². The lowest BCUT2D eigenvalue weighted by molar-refractivity contribution is -0.159. The van der Waals surface area contributed by atoms with Crippen molar-refractivity contribution in [1.29, 1.82) is 0 Å². The van der Waals surface area contributed by atoms with Gasteiger partial charge in [0.05, 0.1) is 0 Å². The van der Waals surface area contributed by atoms with Crippen LogP contribution in [0.5, 0.6) is 0 Å². The van der Waals surface area contributed by atoms with Crippen molar-refractivity contribution < 1.29 is 26.1 Å². The minimum atomic E-state index is -4.83. The van der Waals surface area contributed by atoms with Crippen LogP contribution in [0, 0.1) is 18.3 Å². The zero-order valence-electron chi connectivity index (χ0n) is 7.95. The molecule has 88 valence electrons. The molecule has 0 heterocycles. The molecule has 0 spiro atoms. The Morgan fingerprint density at radius 2 is 1.93 bits per heavy atom. The van der Waals surface area contributed by atoms with Crippen molar-refractivity contribution in [3.8, 4) is 12.3 Å². The molecule has 0 aliphatic carbocycles. The molecule has 0 radical (unpaired) electrons. The number of hydrogen-bond donors (Lipinski definition) is 1. The molecule has 1 N–H and O–H groups in total. The van der Waals surface area contributed by atoms with Gasteiger partial charge in [0.15, 0.2) is 0 Å². The molecule has 0 aromatic heterocycles. The van der Waals surface area contributed by atoms with E-state index in [1.54, 1.807) is 0 Å². The quantitative estimate of drug-likeness (QED) is 0.606. The minimum Gasteiger partial charge on any atom is -0.285 e. The van der Waals surface area contributed by atoms with Crippen molar-refractivity contribution in [3.63, 3.8) is 0 Å². The molecule has 0 aromatic rings. The summed E-state index contributed by atoms with van der Waals surface area (Å²) in [5.41, 5.74) is 0. The summed E-state index contributed by atoms with van der Waals surface area (Å²) < 4.78 is 67.0. The Morgan fingerprint density at radius 1 is 1.47 bits per heavy atom. The van der Waals surface area contributed by atoms with Gasteiger partial charge in [-0.1, -0.05) is 19.3 Å². The van der Waals surface area contributed by atoms with E-state index in [4.69, 9.17) is 4.55 Å². The second kappa shape index (κ2) is 4.86. The smallest absolute Gasteiger partial charge is 0.285 e. The van der Waals surface area contributed by atoms with Gasteiger partial charge in [0, 0.05) is 0 Å². The topological polar surface area (TPSA) is 54.4 Å². The van der Waals surface area contributed by atoms with Crippen LogP contribution >= 0.6 is 0 Å². The maximum atomic E-state index is 12.3. The molecule has 0 aliphatic heterocycles. The van der Waals surface area contributed by atoms with E-state index >= 15 is 0 Å². The predicted octanol–water partition coefficient (Wildman–Crippen LogP) is 1.85. The highest BCUT2D eigenvalue weighted by Gasteiger charge is 2.48. The van der Waals surface area contributed by atoms with Gasteiger partial charge in [0.25, 0.3) is 10.1 Å². The SMILES string of the molecule is C#CC(C(CCC)S(=O)(=O)O)C(F)(F)F. The van der Waals surface area contributed by atoms with E-state index in [0.29, 0.717) is 0 Å². The Labute approximate surface area is 86.4 Å². The number of halogens is 3. The van der Waals surface area contributed by atoms with E-state index < -0.39 is 27.5 Å². The van der Waals surface area contributed by atoms with Crippen molar-refractivity contribution in [2.45, 2.75) is 31.2 Å². The Hall–Kier alpha value is -0.740. The summed E-state index contributed by atoms with van der Waals surface area (Å²) >= 11 is 0. The summed E-state index contributed by atoms with van der Waals surface area (Å²) in [6.45, 7) is 1.50. The highest BCUT2D eigenvalue weighted by Crippen LogP contribution is 2.33. The summed E-state index contributed by atoms with van der Waals surface area (Å²) in [6.07, 6.45) is -0.335. The van der Waals surface area contributed by atoms with Crippen molar-refractivity contribution in [2.75, 3.05) is 0 Å². The van der Waals surface area contributed by atoms with Crippen LogP contribution in [-0.4, -0.2) is 24.4 Å². The molecule has 7 heteroatoms. The summed E-state index contributed by atoms with van der Waals surface area (Å²) in [5, 5.41) is -1.98. The van der Waals surface area contributed by atoms with Gasteiger partial charge in [0.2, 0.25) is 0 Å². The third kappa shape index (κ3) is 4.10. The first kappa shape index (κ1) is 14.3. The van der Waals surface area contributed by atoms with Gasteiger partial charge in [-0.2, -0.15) is 21.6 Å². The maximum absolute atomic E-state index is 12.3. The van der Waals surface area contributed by atoms with Crippen molar-refractivity contribution >= 4 is 10.1 Å². The Balaban J connectivity index is 5.17. The zero-order chi connectivity index (χ0) is 12.3. The standard InChI is InChI=1S/C8H11F3O3S/c1-3-5-7(15(12,13)14)6(4-2)8(9,10)11/h2,6-7H,3,5H2,1H3,(H,12,13,14). The van der Waals surface area contributed by atoms with Gasteiger partial charge in [-0.05, 0) is 6.42 Å². The molecule has 3 nitrogen and oxygen atoms in total. The van der Waals surface area contributed by atoms with Crippen LogP contribution in [0.1, 0.15) is 19.8 Å². The molecule has 2 atom stereocenters. The van der Waals surface area contributed by atoms with Crippen LogP contribution in [0.4, 0.5) is 13.2 Å². The first-order valence-corrected chi connectivity index (χ1v) is 5.64. The van der Waals surface area contributed by atoms with Gasteiger partial charge < -0.3 is 0 Å². The summed E-state index contributed by atoms with van der Waals surface area (Å²) in [5.74, 6) is -1.10. The second-order valence-corrected chi connectivity index (χ2v) is 4.66.